The quantitative estimate of drug-likeness (QED) is 0.718. The normalized spacial score (nSPS) is 11.9. The Hall–Kier alpha value is -2.52. The summed E-state index contributed by atoms with van der Waals surface area (Å²) in [6, 6.07) is 21.6. The topological polar surface area (TPSA) is 44.9 Å². The van der Waals surface area contributed by atoms with Gasteiger partial charge in [0.25, 0.3) is 5.91 Å². The predicted molar refractivity (Wildman–Crippen MR) is 92.6 cm³/mol. The summed E-state index contributed by atoms with van der Waals surface area (Å²) in [4.78, 5) is 15.3. The summed E-state index contributed by atoms with van der Waals surface area (Å²) in [5.74, 6) is -0.165. The van der Waals surface area contributed by atoms with Crippen molar-refractivity contribution in [1.29, 1.82) is 0 Å². The van der Waals surface area contributed by atoms with Gasteiger partial charge in [0.05, 0.1) is 11.1 Å². The van der Waals surface area contributed by atoms with E-state index in [4.69, 9.17) is 11.6 Å². The molecule has 2 aromatic carbocycles. The van der Waals surface area contributed by atoms with Crippen LogP contribution in [0.2, 0.25) is 5.02 Å². The van der Waals surface area contributed by atoms with E-state index < -0.39 is 0 Å². The van der Waals surface area contributed by atoms with Gasteiger partial charge < -0.3 is 10.3 Å². The van der Waals surface area contributed by atoms with Gasteiger partial charge in [-0.1, -0.05) is 72.3 Å². The number of halogens is 1. The molecule has 0 saturated carbocycles. The summed E-state index contributed by atoms with van der Waals surface area (Å²) in [6.45, 7) is 0. The van der Waals surface area contributed by atoms with Crippen LogP contribution in [0.1, 0.15) is 27.7 Å². The fourth-order valence-electron chi connectivity index (χ4n) is 2.52. The third-order valence-electron chi connectivity index (χ3n) is 3.68. The number of benzene rings is 2. The van der Waals surface area contributed by atoms with E-state index in [9.17, 15) is 4.79 Å². The molecule has 1 aromatic heterocycles. The summed E-state index contributed by atoms with van der Waals surface area (Å²) in [7, 11) is 0. The summed E-state index contributed by atoms with van der Waals surface area (Å²) < 4.78 is 0. The summed E-state index contributed by atoms with van der Waals surface area (Å²) in [5, 5.41) is 3.61. The van der Waals surface area contributed by atoms with E-state index in [1.807, 2.05) is 48.5 Å². The lowest BCUT2D eigenvalue weighted by atomic mass is 9.98. The van der Waals surface area contributed by atoms with Crippen molar-refractivity contribution in [3.8, 4) is 0 Å². The molecule has 0 radical (unpaired) electrons. The lowest BCUT2D eigenvalue weighted by Crippen LogP contribution is -2.30. The zero-order valence-corrected chi connectivity index (χ0v) is 13.3. The molecule has 3 rings (SSSR count). The van der Waals surface area contributed by atoms with Crippen LogP contribution in [0.15, 0.2) is 72.9 Å². The third-order valence-corrected chi connectivity index (χ3v) is 3.90. The van der Waals surface area contributed by atoms with E-state index >= 15 is 0 Å². The Morgan fingerprint density at radius 3 is 2.30 bits per heavy atom. The van der Waals surface area contributed by atoms with Crippen LogP contribution in [0.4, 0.5) is 0 Å². The monoisotopic (exact) mass is 324 g/mol. The second-order valence-corrected chi connectivity index (χ2v) is 5.79. The van der Waals surface area contributed by atoms with Crippen molar-refractivity contribution < 1.29 is 4.79 Å². The Morgan fingerprint density at radius 2 is 1.70 bits per heavy atom. The molecule has 23 heavy (non-hydrogen) atoms. The van der Waals surface area contributed by atoms with Crippen molar-refractivity contribution in [3.63, 3.8) is 0 Å². The van der Waals surface area contributed by atoms with Crippen molar-refractivity contribution in [2.75, 3.05) is 0 Å². The number of carbonyl (C=O) groups is 1. The average molecular weight is 325 g/mol. The molecule has 0 spiro atoms. The van der Waals surface area contributed by atoms with Crippen molar-refractivity contribution >= 4 is 17.5 Å². The first-order valence-electron chi connectivity index (χ1n) is 7.46. The molecular formula is C19H17ClN2O. The van der Waals surface area contributed by atoms with E-state index in [1.54, 1.807) is 12.3 Å². The van der Waals surface area contributed by atoms with Crippen LogP contribution in [-0.4, -0.2) is 10.9 Å². The van der Waals surface area contributed by atoms with Gasteiger partial charge in [0.1, 0.15) is 5.69 Å². The number of amides is 1. The smallest absolute Gasteiger partial charge is 0.268 e. The molecule has 2 N–H and O–H groups in total. The number of carbonyl (C=O) groups excluding carboxylic acids is 1. The Balaban J connectivity index is 1.82. The molecule has 0 aliphatic carbocycles. The Bertz CT molecular complexity index is 768. The Kier molecular flexibility index (Phi) is 4.79. The average Bonchev–Trinajstić information content (AvgIpc) is 3.03. The number of H-pyrrole nitrogens is 1. The van der Waals surface area contributed by atoms with E-state index in [1.165, 1.54) is 5.56 Å². The van der Waals surface area contributed by atoms with E-state index in [0.29, 0.717) is 10.7 Å². The number of rotatable bonds is 5. The first-order valence-corrected chi connectivity index (χ1v) is 7.84. The lowest BCUT2D eigenvalue weighted by Gasteiger charge is -2.19. The van der Waals surface area contributed by atoms with Crippen molar-refractivity contribution in [1.82, 2.24) is 10.3 Å². The fourth-order valence-corrected chi connectivity index (χ4v) is 2.69. The molecule has 0 bridgehead atoms. The summed E-state index contributed by atoms with van der Waals surface area (Å²) >= 11 is 5.88. The van der Waals surface area contributed by atoms with Gasteiger partial charge in [0.15, 0.2) is 0 Å². The maximum absolute atomic E-state index is 12.4. The fraction of sp³-hybridized carbons (Fsp3) is 0.105. The van der Waals surface area contributed by atoms with Gasteiger partial charge in [-0.3, -0.25) is 4.79 Å². The largest absolute Gasteiger partial charge is 0.356 e. The molecule has 3 nitrogen and oxygen atoms in total. The molecule has 0 saturated heterocycles. The van der Waals surface area contributed by atoms with Gasteiger partial charge in [-0.25, -0.2) is 0 Å². The molecule has 0 fully saturated rings. The first kappa shape index (κ1) is 15.4. The highest BCUT2D eigenvalue weighted by molar-refractivity contribution is 6.30. The molecule has 1 unspecified atom stereocenters. The highest BCUT2D eigenvalue weighted by atomic mass is 35.5. The molecule has 1 amide bonds. The number of nitrogens with one attached hydrogen (secondary N) is 2. The molecule has 0 aliphatic heterocycles. The van der Waals surface area contributed by atoms with Crippen LogP contribution >= 0.6 is 11.6 Å². The molecule has 116 valence electrons. The van der Waals surface area contributed by atoms with Crippen LogP contribution in [0, 0.1) is 0 Å². The van der Waals surface area contributed by atoms with Crippen LogP contribution in [0.3, 0.4) is 0 Å². The number of hydrogen-bond donors (Lipinski definition) is 2. The van der Waals surface area contributed by atoms with E-state index in [0.717, 1.165) is 12.0 Å². The molecule has 0 aliphatic rings. The van der Waals surface area contributed by atoms with Crippen LogP contribution in [-0.2, 0) is 6.42 Å². The second-order valence-electron chi connectivity index (χ2n) is 5.36. The number of aromatic nitrogens is 1. The maximum Gasteiger partial charge on any atom is 0.268 e. The van der Waals surface area contributed by atoms with E-state index in [2.05, 4.69) is 22.4 Å². The van der Waals surface area contributed by atoms with Gasteiger partial charge in [-0.05, 0) is 23.6 Å². The second kappa shape index (κ2) is 7.16. The molecular weight excluding hydrogens is 308 g/mol. The SMILES string of the molecule is O=C(NC(Cc1ccccc1)c1ccccc1)c1cc(Cl)c[nH]1. The van der Waals surface area contributed by atoms with Crippen molar-refractivity contribution in [2.24, 2.45) is 0 Å². The summed E-state index contributed by atoms with van der Waals surface area (Å²) in [5.41, 5.74) is 2.71. The summed E-state index contributed by atoms with van der Waals surface area (Å²) in [6.07, 6.45) is 2.33. The minimum atomic E-state index is -0.165. The molecule has 1 atom stereocenters. The number of aromatic amines is 1. The third kappa shape index (κ3) is 4.02. The zero-order valence-electron chi connectivity index (χ0n) is 12.5. The van der Waals surface area contributed by atoms with Crippen LogP contribution in [0.5, 0.6) is 0 Å². The van der Waals surface area contributed by atoms with Crippen molar-refractivity contribution in [2.45, 2.75) is 12.5 Å². The van der Waals surface area contributed by atoms with E-state index in [-0.39, 0.29) is 11.9 Å². The lowest BCUT2D eigenvalue weighted by molar-refractivity contribution is 0.0932. The molecule has 4 heteroatoms. The van der Waals surface area contributed by atoms with Gasteiger partial charge in [0, 0.05) is 6.20 Å². The molecule has 1 heterocycles. The van der Waals surface area contributed by atoms with Gasteiger partial charge in [-0.15, -0.1) is 0 Å². The van der Waals surface area contributed by atoms with Gasteiger partial charge >= 0.3 is 0 Å². The zero-order chi connectivity index (χ0) is 16.1. The highest BCUT2D eigenvalue weighted by Crippen LogP contribution is 2.19. The minimum Gasteiger partial charge on any atom is -0.356 e. The van der Waals surface area contributed by atoms with Crippen LogP contribution in [0.25, 0.3) is 0 Å². The molecule has 3 aromatic rings. The first-order chi connectivity index (χ1) is 11.2. The predicted octanol–water partition coefficient (Wildman–Crippen LogP) is 4.38. The van der Waals surface area contributed by atoms with Gasteiger partial charge in [0.2, 0.25) is 0 Å². The Labute approximate surface area is 140 Å². The highest BCUT2D eigenvalue weighted by Gasteiger charge is 2.17. The van der Waals surface area contributed by atoms with Gasteiger partial charge in [-0.2, -0.15) is 0 Å². The Morgan fingerprint density at radius 1 is 1.04 bits per heavy atom. The van der Waals surface area contributed by atoms with Crippen LogP contribution < -0.4 is 5.32 Å². The van der Waals surface area contributed by atoms with Crippen molar-refractivity contribution in [3.05, 3.63) is 94.8 Å². The number of hydrogen-bond acceptors (Lipinski definition) is 1. The standard InChI is InChI=1S/C19H17ClN2O/c20-16-12-18(21-13-16)19(23)22-17(15-9-5-2-6-10-15)11-14-7-3-1-4-8-14/h1-10,12-13,17,21H,11H2,(H,22,23). The minimum absolute atomic E-state index is 0.104. The maximum atomic E-state index is 12.4.